The van der Waals surface area contributed by atoms with Crippen molar-refractivity contribution < 1.29 is 9.29 Å². The third-order valence-corrected chi connectivity index (χ3v) is 7.63. The molecular formula is C22H34BrNO2S. The minimum absolute atomic E-state index is 0.117. The molecular weight excluding hydrogens is 422 g/mol. The third kappa shape index (κ3) is 5.37. The molecule has 152 valence electrons. The van der Waals surface area contributed by atoms with E-state index in [0.717, 1.165) is 41.4 Å². The summed E-state index contributed by atoms with van der Waals surface area (Å²) >= 11 is 2.31. The van der Waals surface area contributed by atoms with Gasteiger partial charge >= 0.3 is 0 Å². The molecule has 0 amide bonds. The number of hydrogen-bond acceptors (Lipinski definition) is 3. The van der Waals surface area contributed by atoms with Gasteiger partial charge in [0.25, 0.3) is 0 Å². The fourth-order valence-corrected chi connectivity index (χ4v) is 4.82. The average molecular weight is 456 g/mol. The number of benzene rings is 1. The highest BCUT2D eigenvalue weighted by molar-refractivity contribution is 9.10. The van der Waals surface area contributed by atoms with Crippen molar-refractivity contribution in [1.82, 2.24) is 0 Å². The number of fused-ring (bicyclic) bond motifs is 1. The van der Waals surface area contributed by atoms with E-state index in [1.165, 1.54) is 5.56 Å². The van der Waals surface area contributed by atoms with Gasteiger partial charge in [-0.05, 0) is 63.6 Å². The van der Waals surface area contributed by atoms with E-state index in [2.05, 4.69) is 54.9 Å². The molecule has 1 aromatic carbocycles. The van der Waals surface area contributed by atoms with Crippen LogP contribution in [0.25, 0.3) is 0 Å². The Morgan fingerprint density at radius 3 is 2.59 bits per heavy atom. The first-order valence-electron chi connectivity index (χ1n) is 9.84. The van der Waals surface area contributed by atoms with Crippen LogP contribution < -0.4 is 0 Å². The second kappa shape index (κ2) is 8.98. The van der Waals surface area contributed by atoms with Crippen molar-refractivity contribution in [3.8, 4) is 0 Å². The second-order valence-electron chi connectivity index (χ2n) is 9.04. The van der Waals surface area contributed by atoms with Crippen LogP contribution in [0.3, 0.4) is 0 Å². The quantitative estimate of drug-likeness (QED) is 0.465. The maximum Gasteiger partial charge on any atom is 0.144 e. The summed E-state index contributed by atoms with van der Waals surface area (Å²) in [5, 5.41) is 0. The predicted octanol–water partition coefficient (Wildman–Crippen LogP) is 6.10. The maximum atomic E-state index is 12.8. The summed E-state index contributed by atoms with van der Waals surface area (Å²) in [5.74, 6) is 0.528. The lowest BCUT2D eigenvalue weighted by atomic mass is 9.79. The van der Waals surface area contributed by atoms with E-state index in [0.29, 0.717) is 5.92 Å². The Balaban J connectivity index is 2.37. The Kier molecular flexibility index (Phi) is 7.62. The molecule has 1 aliphatic carbocycles. The lowest BCUT2D eigenvalue weighted by Crippen LogP contribution is -2.32. The number of rotatable bonds is 7. The highest BCUT2D eigenvalue weighted by atomic mass is 79.9. The van der Waals surface area contributed by atoms with E-state index in [1.807, 2.05) is 27.9 Å². The van der Waals surface area contributed by atoms with Gasteiger partial charge in [-0.25, -0.2) is 0 Å². The normalized spacial score (nSPS) is 24.7. The van der Waals surface area contributed by atoms with E-state index in [1.54, 1.807) is 0 Å². The maximum absolute atomic E-state index is 12.8. The summed E-state index contributed by atoms with van der Waals surface area (Å²) in [6.07, 6.45) is 4.25. The molecule has 0 N–H and O–H groups in total. The Hall–Kier alpha value is -0.360. The van der Waals surface area contributed by atoms with Gasteiger partial charge < -0.3 is 9.29 Å². The van der Waals surface area contributed by atoms with Crippen LogP contribution in [0.5, 0.6) is 0 Å². The Labute approximate surface area is 176 Å². The molecule has 1 aromatic rings. The minimum Gasteiger partial charge on any atom is -0.591 e. The lowest BCUT2D eigenvalue weighted by Gasteiger charge is -2.29. The van der Waals surface area contributed by atoms with Crippen LogP contribution in [0.2, 0.25) is 0 Å². The molecule has 0 aromatic heterocycles. The van der Waals surface area contributed by atoms with Crippen molar-refractivity contribution in [2.75, 3.05) is 7.11 Å². The number of hydrogen-bond donors (Lipinski definition) is 0. The van der Waals surface area contributed by atoms with Crippen LogP contribution in [0.1, 0.15) is 71.9 Å². The second-order valence-corrected chi connectivity index (χ2v) is 11.9. The minimum atomic E-state index is -1.27. The molecule has 0 aliphatic heterocycles. The molecule has 5 heteroatoms. The first kappa shape index (κ1) is 22.9. The first-order chi connectivity index (χ1) is 12.5. The van der Waals surface area contributed by atoms with E-state index in [9.17, 15) is 4.55 Å². The van der Waals surface area contributed by atoms with Gasteiger partial charge in [-0.2, -0.15) is 0 Å². The Morgan fingerprint density at radius 1 is 1.37 bits per heavy atom. The summed E-state index contributed by atoms with van der Waals surface area (Å²) in [4.78, 5) is 0. The van der Waals surface area contributed by atoms with Crippen molar-refractivity contribution in [3.63, 3.8) is 0 Å². The largest absolute Gasteiger partial charge is 0.591 e. The molecule has 4 atom stereocenters. The number of halogens is 1. The third-order valence-electron chi connectivity index (χ3n) is 5.74. The molecule has 3 nitrogen and oxygen atoms in total. The molecule has 0 saturated carbocycles. The standard InChI is InChI=1S/C22H34BrNO2S/c1-8-15(2)19(26-7)11-12-22(6)14-16-9-10-17(23)13-18(16)20(22)24-27(25)21(3,4)5/h9-10,13,15,19H,8,11-12,14H2,1-7H3/t15-,19+,22-,27?/m1/s1. The van der Waals surface area contributed by atoms with Crippen LogP contribution >= 0.6 is 15.9 Å². The fourth-order valence-electron chi connectivity index (χ4n) is 3.70. The van der Waals surface area contributed by atoms with Crippen LogP contribution in [0.15, 0.2) is 27.1 Å². The summed E-state index contributed by atoms with van der Waals surface area (Å²) in [6.45, 7) is 12.7. The zero-order chi connectivity index (χ0) is 20.4. The summed E-state index contributed by atoms with van der Waals surface area (Å²) in [7, 11) is 1.81. The van der Waals surface area contributed by atoms with Crippen molar-refractivity contribution in [3.05, 3.63) is 33.8 Å². The molecule has 1 aliphatic rings. The topological polar surface area (TPSA) is 44.7 Å². The van der Waals surface area contributed by atoms with Gasteiger partial charge in [0.2, 0.25) is 0 Å². The van der Waals surface area contributed by atoms with Crippen molar-refractivity contribution in [1.29, 1.82) is 0 Å². The van der Waals surface area contributed by atoms with E-state index < -0.39 is 11.4 Å². The lowest BCUT2D eigenvalue weighted by molar-refractivity contribution is 0.0436. The van der Waals surface area contributed by atoms with Crippen LogP contribution in [-0.2, 0) is 22.5 Å². The Morgan fingerprint density at radius 2 is 2.04 bits per heavy atom. The SMILES string of the molecule is CC[C@@H](C)[C@H](CC[C@]1(C)Cc2ccc(Br)cc2C1=N[S+]([O-])C(C)(C)C)OC. The molecule has 0 saturated heterocycles. The van der Waals surface area contributed by atoms with Gasteiger partial charge in [-0.1, -0.05) is 53.6 Å². The summed E-state index contributed by atoms with van der Waals surface area (Å²) in [6, 6.07) is 6.38. The van der Waals surface area contributed by atoms with Gasteiger partial charge in [0.15, 0.2) is 0 Å². The fraction of sp³-hybridized carbons (Fsp3) is 0.682. The van der Waals surface area contributed by atoms with Gasteiger partial charge in [0, 0.05) is 22.6 Å². The molecule has 1 unspecified atom stereocenters. The summed E-state index contributed by atoms with van der Waals surface area (Å²) < 4.78 is 24.1. The van der Waals surface area contributed by atoms with Gasteiger partial charge in [-0.15, -0.1) is 0 Å². The highest BCUT2D eigenvalue weighted by Crippen LogP contribution is 2.43. The first-order valence-corrected chi connectivity index (χ1v) is 11.7. The Bertz CT molecular complexity index is 685. The number of ether oxygens (including phenoxy) is 1. The molecule has 0 radical (unpaired) electrons. The van der Waals surface area contributed by atoms with E-state index >= 15 is 0 Å². The van der Waals surface area contributed by atoms with E-state index in [4.69, 9.17) is 9.13 Å². The van der Waals surface area contributed by atoms with Crippen molar-refractivity contribution >= 4 is 33.0 Å². The number of methoxy groups -OCH3 is 1. The van der Waals surface area contributed by atoms with Gasteiger partial charge in [0.05, 0.1) is 6.10 Å². The van der Waals surface area contributed by atoms with Gasteiger partial charge in [-0.3, -0.25) is 0 Å². The van der Waals surface area contributed by atoms with Crippen molar-refractivity contribution in [2.24, 2.45) is 15.7 Å². The van der Waals surface area contributed by atoms with Gasteiger partial charge in [0.1, 0.15) is 21.8 Å². The molecule has 0 fully saturated rings. The zero-order valence-corrected chi connectivity index (χ0v) is 20.2. The molecule has 0 spiro atoms. The van der Waals surface area contributed by atoms with E-state index in [-0.39, 0.29) is 16.3 Å². The van der Waals surface area contributed by atoms with Crippen LogP contribution in [0, 0.1) is 11.3 Å². The predicted molar refractivity (Wildman–Crippen MR) is 120 cm³/mol. The van der Waals surface area contributed by atoms with Crippen LogP contribution in [0.4, 0.5) is 0 Å². The molecule has 27 heavy (non-hydrogen) atoms. The molecule has 0 bridgehead atoms. The zero-order valence-electron chi connectivity index (χ0n) is 17.8. The monoisotopic (exact) mass is 455 g/mol. The molecule has 0 heterocycles. The highest BCUT2D eigenvalue weighted by Gasteiger charge is 2.42. The van der Waals surface area contributed by atoms with Crippen molar-refractivity contribution in [2.45, 2.75) is 78.1 Å². The number of nitrogens with zero attached hydrogens (tertiary/aromatic N) is 1. The van der Waals surface area contributed by atoms with Crippen LogP contribution in [-0.4, -0.2) is 28.2 Å². The summed E-state index contributed by atoms with van der Waals surface area (Å²) in [5.41, 5.74) is 3.31. The molecule has 2 rings (SSSR count). The smallest absolute Gasteiger partial charge is 0.144 e. The average Bonchev–Trinajstić information content (AvgIpc) is 2.86.